The van der Waals surface area contributed by atoms with Crippen LogP contribution in [0.2, 0.25) is 0 Å². The Hall–Kier alpha value is -4.31. The van der Waals surface area contributed by atoms with Gasteiger partial charge < -0.3 is 14.8 Å². The number of nitrogens with one attached hydrogen (secondary N) is 1. The van der Waals surface area contributed by atoms with Crippen molar-refractivity contribution in [3.63, 3.8) is 0 Å². The van der Waals surface area contributed by atoms with Gasteiger partial charge in [-0.05, 0) is 42.0 Å². The molecule has 2 aromatic carbocycles. The number of amides is 2. The molecule has 0 spiro atoms. The third-order valence-electron chi connectivity index (χ3n) is 7.05. The first-order chi connectivity index (χ1) is 20.2. The Labute approximate surface area is 250 Å². The van der Waals surface area contributed by atoms with Gasteiger partial charge in [-0.3, -0.25) is 19.5 Å². The van der Waals surface area contributed by atoms with E-state index in [1.165, 1.54) is 11.8 Å². The zero-order valence-electron chi connectivity index (χ0n) is 24.5. The lowest BCUT2D eigenvalue weighted by Crippen LogP contribution is -2.42. The monoisotopic (exact) mass is 585 g/mol. The number of anilines is 1. The van der Waals surface area contributed by atoms with Gasteiger partial charge in [0, 0.05) is 35.5 Å². The number of pyridine rings is 1. The molecule has 5 rings (SSSR count). The minimum atomic E-state index is -0.371. The van der Waals surface area contributed by atoms with Gasteiger partial charge in [0.25, 0.3) is 0 Å². The fourth-order valence-corrected chi connectivity index (χ4v) is 6.23. The first-order valence-electron chi connectivity index (χ1n) is 13.7. The fourth-order valence-electron chi connectivity index (χ4n) is 5.01. The van der Waals surface area contributed by atoms with Crippen LogP contribution in [-0.2, 0) is 21.5 Å². The number of ether oxygens (including phenoxy) is 2. The molecule has 0 aliphatic carbocycles. The molecule has 0 saturated carbocycles. The standard InChI is InChI=1S/C32H35N5O4S/c1-32(2,3)30-28-29(24-10-6-7-11-25(24)41-5)42-20-27(39)36(19-26(38)34-18-21-9-8-16-33-17-21)31(28)37(35-30)22-12-14-23(40-4)15-13-22/h6-17,29H,18-20H2,1-5H3,(H,34,38). The van der Waals surface area contributed by atoms with Gasteiger partial charge in [-0.2, -0.15) is 5.10 Å². The summed E-state index contributed by atoms with van der Waals surface area (Å²) in [6.07, 6.45) is 3.39. The molecule has 9 nitrogen and oxygen atoms in total. The van der Waals surface area contributed by atoms with Crippen LogP contribution < -0.4 is 19.7 Å². The number of nitrogens with zero attached hydrogens (tertiary/aromatic N) is 4. The number of methoxy groups -OCH3 is 2. The molecule has 0 bridgehead atoms. The smallest absolute Gasteiger partial charge is 0.240 e. The molecule has 1 atom stereocenters. The summed E-state index contributed by atoms with van der Waals surface area (Å²) in [6, 6.07) is 19.1. The van der Waals surface area contributed by atoms with Crippen LogP contribution >= 0.6 is 11.8 Å². The van der Waals surface area contributed by atoms with Gasteiger partial charge in [0.05, 0.1) is 36.6 Å². The molecular weight excluding hydrogens is 550 g/mol. The Morgan fingerprint density at radius 3 is 2.48 bits per heavy atom. The largest absolute Gasteiger partial charge is 0.497 e. The number of carbonyl (C=O) groups is 2. The molecule has 2 aromatic heterocycles. The number of carbonyl (C=O) groups excluding carboxylic acids is 2. The van der Waals surface area contributed by atoms with Crippen molar-refractivity contribution in [3.05, 3.63) is 95.4 Å². The summed E-state index contributed by atoms with van der Waals surface area (Å²) in [7, 11) is 3.27. The van der Waals surface area contributed by atoms with E-state index in [1.807, 2.05) is 60.7 Å². The number of aromatic nitrogens is 3. The van der Waals surface area contributed by atoms with Crippen molar-refractivity contribution >= 4 is 29.4 Å². The van der Waals surface area contributed by atoms with Gasteiger partial charge in [-0.1, -0.05) is 45.0 Å². The summed E-state index contributed by atoms with van der Waals surface area (Å²) in [4.78, 5) is 32.9. The highest BCUT2D eigenvalue weighted by Crippen LogP contribution is 2.50. The number of thioether (sulfide) groups is 1. The average molecular weight is 586 g/mol. The highest BCUT2D eigenvalue weighted by Gasteiger charge is 2.40. The van der Waals surface area contributed by atoms with Crippen molar-refractivity contribution in [2.45, 2.75) is 38.0 Å². The Kier molecular flexibility index (Phi) is 8.54. The molecule has 2 amide bonds. The summed E-state index contributed by atoms with van der Waals surface area (Å²) < 4.78 is 12.9. The third kappa shape index (κ3) is 5.99. The minimum absolute atomic E-state index is 0.156. The molecule has 218 valence electrons. The summed E-state index contributed by atoms with van der Waals surface area (Å²) in [5.74, 6) is 1.74. The van der Waals surface area contributed by atoms with E-state index in [1.54, 1.807) is 36.2 Å². The predicted octanol–water partition coefficient (Wildman–Crippen LogP) is 5.07. The summed E-state index contributed by atoms with van der Waals surface area (Å²) in [6.45, 7) is 6.47. The van der Waals surface area contributed by atoms with Crippen LogP contribution in [-0.4, -0.2) is 53.1 Å². The maximum absolute atomic E-state index is 13.9. The molecular formula is C32H35N5O4S. The van der Waals surface area contributed by atoms with Crippen LogP contribution in [0.15, 0.2) is 73.1 Å². The maximum Gasteiger partial charge on any atom is 0.240 e. The zero-order valence-corrected chi connectivity index (χ0v) is 25.3. The van der Waals surface area contributed by atoms with Gasteiger partial charge in [-0.15, -0.1) is 11.8 Å². The SMILES string of the molecule is COc1ccc(-n2nc(C(C)(C)C)c3c2N(CC(=O)NCc2cccnc2)C(=O)CSC3c2ccccc2OC)cc1. The van der Waals surface area contributed by atoms with E-state index in [0.717, 1.165) is 33.8 Å². The lowest BCUT2D eigenvalue weighted by molar-refractivity contribution is -0.123. The summed E-state index contributed by atoms with van der Waals surface area (Å²) in [5, 5.41) is 7.82. The number of para-hydroxylation sites is 1. The van der Waals surface area contributed by atoms with Gasteiger partial charge in [-0.25, -0.2) is 4.68 Å². The van der Waals surface area contributed by atoms with Crippen molar-refractivity contribution in [2.75, 3.05) is 31.4 Å². The maximum atomic E-state index is 13.9. The Morgan fingerprint density at radius 1 is 1.05 bits per heavy atom. The number of benzene rings is 2. The number of hydrogen-bond donors (Lipinski definition) is 1. The van der Waals surface area contributed by atoms with E-state index in [0.29, 0.717) is 18.1 Å². The van der Waals surface area contributed by atoms with E-state index in [9.17, 15) is 9.59 Å². The van der Waals surface area contributed by atoms with Gasteiger partial charge >= 0.3 is 0 Å². The van der Waals surface area contributed by atoms with E-state index < -0.39 is 0 Å². The van der Waals surface area contributed by atoms with E-state index in [4.69, 9.17) is 14.6 Å². The Balaban J connectivity index is 1.67. The molecule has 1 N–H and O–H groups in total. The van der Waals surface area contributed by atoms with Crippen molar-refractivity contribution < 1.29 is 19.1 Å². The lowest BCUT2D eigenvalue weighted by atomic mass is 9.87. The normalized spacial score (nSPS) is 15.1. The Morgan fingerprint density at radius 2 is 1.81 bits per heavy atom. The van der Waals surface area contributed by atoms with E-state index in [-0.39, 0.29) is 34.8 Å². The quantitative estimate of drug-likeness (QED) is 0.308. The molecule has 4 aromatic rings. The van der Waals surface area contributed by atoms with Crippen LogP contribution in [0.4, 0.5) is 5.82 Å². The van der Waals surface area contributed by atoms with Gasteiger partial charge in [0.1, 0.15) is 23.9 Å². The van der Waals surface area contributed by atoms with Crippen LogP contribution in [0.5, 0.6) is 11.5 Å². The van der Waals surface area contributed by atoms with Crippen molar-refractivity contribution in [1.82, 2.24) is 20.1 Å². The first-order valence-corrected chi connectivity index (χ1v) is 14.7. The Bertz CT molecular complexity index is 1560. The topological polar surface area (TPSA) is 98.6 Å². The zero-order chi connectivity index (χ0) is 29.9. The third-order valence-corrected chi connectivity index (χ3v) is 8.29. The summed E-state index contributed by atoms with van der Waals surface area (Å²) in [5.41, 5.74) is 3.93. The fraction of sp³-hybridized carbons (Fsp3) is 0.312. The predicted molar refractivity (Wildman–Crippen MR) is 165 cm³/mol. The lowest BCUT2D eigenvalue weighted by Gasteiger charge is -2.25. The molecule has 1 unspecified atom stereocenters. The second-order valence-electron chi connectivity index (χ2n) is 11.0. The highest BCUT2D eigenvalue weighted by molar-refractivity contribution is 8.00. The number of hydrogen-bond acceptors (Lipinski definition) is 7. The van der Waals surface area contributed by atoms with Crippen LogP contribution in [0.25, 0.3) is 5.69 Å². The van der Waals surface area contributed by atoms with E-state index >= 15 is 0 Å². The molecule has 1 aliphatic rings. The number of fused-ring (bicyclic) bond motifs is 1. The van der Waals surface area contributed by atoms with E-state index in [2.05, 4.69) is 31.1 Å². The van der Waals surface area contributed by atoms with Gasteiger partial charge in [0.15, 0.2) is 0 Å². The van der Waals surface area contributed by atoms with Crippen LogP contribution in [0, 0.1) is 0 Å². The minimum Gasteiger partial charge on any atom is -0.497 e. The van der Waals surface area contributed by atoms with Crippen molar-refractivity contribution in [3.8, 4) is 17.2 Å². The summed E-state index contributed by atoms with van der Waals surface area (Å²) >= 11 is 1.52. The second-order valence-corrected chi connectivity index (χ2v) is 12.1. The first kappa shape index (κ1) is 29.2. The number of rotatable bonds is 8. The molecule has 42 heavy (non-hydrogen) atoms. The molecule has 1 aliphatic heterocycles. The van der Waals surface area contributed by atoms with Crippen LogP contribution in [0.1, 0.15) is 48.4 Å². The average Bonchev–Trinajstić information content (AvgIpc) is 3.34. The molecule has 0 radical (unpaired) electrons. The highest BCUT2D eigenvalue weighted by atomic mass is 32.2. The van der Waals surface area contributed by atoms with Crippen molar-refractivity contribution in [1.29, 1.82) is 0 Å². The molecule has 3 heterocycles. The second kappa shape index (κ2) is 12.3. The molecule has 0 fully saturated rings. The van der Waals surface area contributed by atoms with Crippen LogP contribution in [0.3, 0.4) is 0 Å². The van der Waals surface area contributed by atoms with Gasteiger partial charge in [0.2, 0.25) is 11.8 Å². The molecule has 0 saturated heterocycles. The van der Waals surface area contributed by atoms with Crippen molar-refractivity contribution in [2.24, 2.45) is 0 Å². The molecule has 10 heteroatoms.